The van der Waals surface area contributed by atoms with E-state index in [9.17, 15) is 13.2 Å². The van der Waals surface area contributed by atoms with Crippen LogP contribution in [0.25, 0.3) is 6.08 Å². The summed E-state index contributed by atoms with van der Waals surface area (Å²) in [6.45, 7) is 0. The monoisotopic (exact) mass is 315 g/mol. The molecule has 0 radical (unpaired) electrons. The zero-order chi connectivity index (χ0) is 16.2. The van der Waals surface area contributed by atoms with Gasteiger partial charge in [-0.15, -0.1) is 0 Å². The van der Waals surface area contributed by atoms with E-state index in [1.54, 1.807) is 48.5 Å². The van der Waals surface area contributed by atoms with Crippen LogP contribution in [0.3, 0.4) is 0 Å². The van der Waals surface area contributed by atoms with Crippen LogP contribution >= 0.6 is 0 Å². The first kappa shape index (κ1) is 16.1. The Morgan fingerprint density at radius 2 is 1.68 bits per heavy atom. The van der Waals surface area contributed by atoms with Gasteiger partial charge in [-0.2, -0.15) is 0 Å². The summed E-state index contributed by atoms with van der Waals surface area (Å²) in [6, 6.07) is 15.4. The molecule has 0 spiro atoms. The molecule has 0 heterocycles. The Labute approximate surface area is 130 Å². The lowest BCUT2D eigenvalue weighted by Crippen LogP contribution is -2.22. The fourth-order valence-corrected chi connectivity index (χ4v) is 2.82. The molecule has 0 N–H and O–H groups in total. The van der Waals surface area contributed by atoms with Crippen LogP contribution in [-0.4, -0.2) is 32.6 Å². The number of hydrogen-bond donors (Lipinski definition) is 0. The molecule has 4 nitrogen and oxygen atoms in total. The second-order valence-corrected chi connectivity index (χ2v) is 7.08. The van der Waals surface area contributed by atoms with E-state index in [1.165, 1.54) is 26.2 Å². The average molecular weight is 315 g/mol. The highest BCUT2D eigenvalue weighted by molar-refractivity contribution is 7.89. The highest BCUT2D eigenvalue weighted by Gasteiger charge is 2.16. The largest absolute Gasteiger partial charge is 0.289 e. The van der Waals surface area contributed by atoms with Gasteiger partial charge in [-0.3, -0.25) is 4.79 Å². The van der Waals surface area contributed by atoms with Crippen molar-refractivity contribution in [1.29, 1.82) is 0 Å². The van der Waals surface area contributed by atoms with E-state index in [0.717, 1.165) is 4.31 Å². The third kappa shape index (κ3) is 3.69. The van der Waals surface area contributed by atoms with Crippen molar-refractivity contribution < 1.29 is 13.2 Å². The third-order valence-electron chi connectivity index (χ3n) is 3.12. The minimum Gasteiger partial charge on any atom is -0.289 e. The molecule has 0 saturated heterocycles. The lowest BCUT2D eigenvalue weighted by molar-refractivity contribution is 0.104. The molecule has 0 amide bonds. The standard InChI is InChI=1S/C17H17NO3S/c1-18(2)22(20,21)16-10-6-7-14(13-16)11-12-17(19)15-8-4-3-5-9-15/h3-13H,1-2H3. The molecule has 22 heavy (non-hydrogen) atoms. The van der Waals surface area contributed by atoms with Gasteiger partial charge in [0.1, 0.15) is 0 Å². The highest BCUT2D eigenvalue weighted by atomic mass is 32.2. The summed E-state index contributed by atoms with van der Waals surface area (Å²) < 4.78 is 25.3. The van der Waals surface area contributed by atoms with Crippen molar-refractivity contribution >= 4 is 21.9 Å². The molecule has 0 aromatic heterocycles. The number of sulfonamides is 1. The molecular formula is C17H17NO3S. The molecular weight excluding hydrogens is 298 g/mol. The summed E-state index contributed by atoms with van der Waals surface area (Å²) in [5.74, 6) is -0.124. The maximum Gasteiger partial charge on any atom is 0.242 e. The maximum atomic E-state index is 12.1. The Balaban J connectivity index is 2.25. The summed E-state index contributed by atoms with van der Waals surface area (Å²) in [7, 11) is -0.510. The number of rotatable bonds is 5. The maximum absolute atomic E-state index is 12.1. The fraction of sp³-hybridized carbons (Fsp3) is 0.118. The molecule has 0 saturated carbocycles. The SMILES string of the molecule is CN(C)S(=O)(=O)c1cccc(C=CC(=O)c2ccccc2)c1. The van der Waals surface area contributed by atoms with Crippen molar-refractivity contribution in [1.82, 2.24) is 4.31 Å². The Morgan fingerprint density at radius 1 is 1.00 bits per heavy atom. The number of nitrogens with zero attached hydrogens (tertiary/aromatic N) is 1. The van der Waals surface area contributed by atoms with Crippen LogP contribution in [0, 0.1) is 0 Å². The van der Waals surface area contributed by atoms with Crippen molar-refractivity contribution in [3.05, 3.63) is 71.8 Å². The molecule has 2 aromatic carbocycles. The fourth-order valence-electron chi connectivity index (χ4n) is 1.86. The van der Waals surface area contributed by atoms with Gasteiger partial charge in [0, 0.05) is 19.7 Å². The number of carbonyl (C=O) groups is 1. The van der Waals surface area contributed by atoms with Gasteiger partial charge < -0.3 is 0 Å². The van der Waals surface area contributed by atoms with Crippen molar-refractivity contribution in [3.8, 4) is 0 Å². The van der Waals surface area contributed by atoms with E-state index in [0.29, 0.717) is 11.1 Å². The number of benzene rings is 2. The minimum atomic E-state index is -3.48. The van der Waals surface area contributed by atoms with Crippen LogP contribution < -0.4 is 0 Å². The van der Waals surface area contributed by atoms with E-state index < -0.39 is 10.0 Å². The zero-order valence-electron chi connectivity index (χ0n) is 12.4. The van der Waals surface area contributed by atoms with Crippen molar-refractivity contribution in [2.75, 3.05) is 14.1 Å². The van der Waals surface area contributed by atoms with Crippen LogP contribution in [0.2, 0.25) is 0 Å². The number of ketones is 1. The molecule has 0 fully saturated rings. The summed E-state index contributed by atoms with van der Waals surface area (Å²) >= 11 is 0. The first-order valence-electron chi connectivity index (χ1n) is 6.71. The zero-order valence-corrected chi connectivity index (χ0v) is 13.2. The molecule has 114 valence electrons. The first-order chi connectivity index (χ1) is 10.4. The normalized spacial score (nSPS) is 12.0. The summed E-state index contributed by atoms with van der Waals surface area (Å²) in [6.07, 6.45) is 3.06. The van der Waals surface area contributed by atoms with Crippen LogP contribution in [0.1, 0.15) is 15.9 Å². The summed E-state index contributed by atoms with van der Waals surface area (Å²) in [4.78, 5) is 12.2. The van der Waals surface area contributed by atoms with E-state index in [-0.39, 0.29) is 10.7 Å². The van der Waals surface area contributed by atoms with Crippen LogP contribution in [0.15, 0.2) is 65.6 Å². The molecule has 2 aromatic rings. The van der Waals surface area contributed by atoms with Gasteiger partial charge >= 0.3 is 0 Å². The van der Waals surface area contributed by atoms with Gasteiger partial charge in [0.2, 0.25) is 10.0 Å². The molecule has 0 aliphatic heterocycles. The molecule has 0 bridgehead atoms. The number of carbonyl (C=O) groups excluding carboxylic acids is 1. The second-order valence-electron chi connectivity index (χ2n) is 4.92. The third-order valence-corrected chi connectivity index (χ3v) is 4.93. The molecule has 0 aliphatic rings. The molecule has 2 rings (SSSR count). The van der Waals surface area contributed by atoms with Gasteiger partial charge in [0.05, 0.1) is 4.90 Å². The molecule has 0 unspecified atom stereocenters. The van der Waals surface area contributed by atoms with E-state index in [2.05, 4.69) is 0 Å². The quantitative estimate of drug-likeness (QED) is 0.630. The highest BCUT2D eigenvalue weighted by Crippen LogP contribution is 2.16. The smallest absolute Gasteiger partial charge is 0.242 e. The van der Waals surface area contributed by atoms with Crippen molar-refractivity contribution in [2.45, 2.75) is 4.90 Å². The lowest BCUT2D eigenvalue weighted by Gasteiger charge is -2.11. The van der Waals surface area contributed by atoms with Gasteiger partial charge in [-0.05, 0) is 23.8 Å². The van der Waals surface area contributed by atoms with Crippen LogP contribution in [0.5, 0.6) is 0 Å². The Bertz CT molecular complexity index is 794. The molecule has 0 atom stereocenters. The second kappa shape index (κ2) is 6.68. The van der Waals surface area contributed by atoms with E-state index in [4.69, 9.17) is 0 Å². The van der Waals surface area contributed by atoms with Gasteiger partial charge in [0.15, 0.2) is 5.78 Å². The number of hydrogen-bond acceptors (Lipinski definition) is 3. The lowest BCUT2D eigenvalue weighted by atomic mass is 10.1. The van der Waals surface area contributed by atoms with Gasteiger partial charge in [-0.25, -0.2) is 12.7 Å². The topological polar surface area (TPSA) is 54.5 Å². The van der Waals surface area contributed by atoms with Gasteiger partial charge in [0.25, 0.3) is 0 Å². The molecule has 0 aliphatic carbocycles. The Kier molecular flexibility index (Phi) is 4.90. The van der Waals surface area contributed by atoms with Crippen molar-refractivity contribution in [3.63, 3.8) is 0 Å². The molecule has 5 heteroatoms. The van der Waals surface area contributed by atoms with Crippen molar-refractivity contribution in [2.24, 2.45) is 0 Å². The first-order valence-corrected chi connectivity index (χ1v) is 8.15. The summed E-state index contributed by atoms with van der Waals surface area (Å²) in [5, 5.41) is 0. The van der Waals surface area contributed by atoms with Crippen LogP contribution in [0.4, 0.5) is 0 Å². The minimum absolute atomic E-state index is 0.124. The van der Waals surface area contributed by atoms with Gasteiger partial charge in [-0.1, -0.05) is 48.5 Å². The average Bonchev–Trinajstić information content (AvgIpc) is 2.53. The predicted octanol–water partition coefficient (Wildman–Crippen LogP) is 2.83. The van der Waals surface area contributed by atoms with E-state index in [1.807, 2.05) is 6.07 Å². The Morgan fingerprint density at radius 3 is 2.32 bits per heavy atom. The Hall–Kier alpha value is -2.24. The number of allylic oxidation sites excluding steroid dienone is 1. The van der Waals surface area contributed by atoms with E-state index >= 15 is 0 Å². The predicted molar refractivity (Wildman–Crippen MR) is 87.1 cm³/mol. The summed E-state index contributed by atoms with van der Waals surface area (Å²) in [5.41, 5.74) is 1.25. The van der Waals surface area contributed by atoms with Crippen LogP contribution in [-0.2, 0) is 10.0 Å².